The van der Waals surface area contributed by atoms with Gasteiger partial charge in [0.25, 0.3) is 0 Å². The predicted molar refractivity (Wildman–Crippen MR) is 59.7 cm³/mol. The molecule has 0 bridgehead atoms. The third kappa shape index (κ3) is 2.57. The van der Waals surface area contributed by atoms with Crippen molar-refractivity contribution >= 4 is 6.08 Å². The number of rotatable bonds is 3. The number of nitrogens with zero attached hydrogens (tertiary/aromatic N) is 2. The number of hydrogen-bond donors (Lipinski definition) is 1. The summed E-state index contributed by atoms with van der Waals surface area (Å²) in [6.45, 7) is -0.736. The van der Waals surface area contributed by atoms with E-state index in [1.54, 1.807) is 24.5 Å². The van der Waals surface area contributed by atoms with E-state index >= 15 is 0 Å². The van der Waals surface area contributed by atoms with E-state index in [9.17, 15) is 8.78 Å². The molecule has 0 aliphatic carbocycles. The van der Waals surface area contributed by atoms with Crippen LogP contribution in [0.1, 0.15) is 5.56 Å². The van der Waals surface area contributed by atoms with E-state index in [-0.39, 0.29) is 5.56 Å². The maximum atomic E-state index is 13.6. The lowest BCUT2D eigenvalue weighted by Crippen LogP contribution is -1.96. The topological polar surface area (TPSA) is 38.0 Å². The summed E-state index contributed by atoms with van der Waals surface area (Å²) in [7, 11) is 0. The van der Waals surface area contributed by atoms with Gasteiger partial charge in [0.05, 0.1) is 12.3 Å². The lowest BCUT2D eigenvalue weighted by molar-refractivity contribution is 0.300. The molecule has 0 fully saturated rings. The van der Waals surface area contributed by atoms with Crippen molar-refractivity contribution in [3.05, 3.63) is 53.9 Å². The molecule has 0 saturated carbocycles. The number of halogens is 2. The molecule has 2 aromatic rings. The monoisotopic (exact) mass is 236 g/mol. The largest absolute Gasteiger partial charge is 0.389 e. The van der Waals surface area contributed by atoms with E-state index in [0.717, 1.165) is 6.08 Å². The maximum absolute atomic E-state index is 13.6. The summed E-state index contributed by atoms with van der Waals surface area (Å²) in [6, 6.07) is 6.02. The predicted octanol–water partition coefficient (Wildman–Crippen LogP) is 2.31. The fraction of sp³-hybridized carbons (Fsp3) is 0.0833. The van der Waals surface area contributed by atoms with Crippen molar-refractivity contribution in [2.45, 2.75) is 0 Å². The summed E-state index contributed by atoms with van der Waals surface area (Å²) < 4.78 is 27.9. The van der Waals surface area contributed by atoms with Gasteiger partial charge in [0.1, 0.15) is 11.6 Å². The van der Waals surface area contributed by atoms with E-state index in [1.807, 2.05) is 0 Å². The highest BCUT2D eigenvalue weighted by molar-refractivity contribution is 5.54. The molecule has 88 valence electrons. The fourth-order valence-electron chi connectivity index (χ4n) is 1.41. The molecule has 0 saturated heterocycles. The summed E-state index contributed by atoms with van der Waals surface area (Å²) in [5.74, 6) is -1.35. The fourth-order valence-corrected chi connectivity index (χ4v) is 1.41. The van der Waals surface area contributed by atoms with Crippen molar-refractivity contribution in [1.29, 1.82) is 0 Å². The van der Waals surface area contributed by atoms with Crippen LogP contribution in [0.3, 0.4) is 0 Å². The third-order valence-electron chi connectivity index (χ3n) is 2.22. The molecule has 1 aromatic carbocycles. The minimum absolute atomic E-state index is 0.0902. The van der Waals surface area contributed by atoms with Crippen LogP contribution in [0.5, 0.6) is 0 Å². The van der Waals surface area contributed by atoms with Gasteiger partial charge in [0, 0.05) is 24.0 Å². The van der Waals surface area contributed by atoms with Crippen LogP contribution in [0, 0.1) is 5.82 Å². The third-order valence-corrected chi connectivity index (χ3v) is 2.22. The van der Waals surface area contributed by atoms with Crippen molar-refractivity contribution in [1.82, 2.24) is 9.78 Å². The summed E-state index contributed by atoms with van der Waals surface area (Å²) in [4.78, 5) is 0. The summed E-state index contributed by atoms with van der Waals surface area (Å²) in [5.41, 5.74) is 0.640. The van der Waals surface area contributed by atoms with Crippen LogP contribution < -0.4 is 0 Å². The van der Waals surface area contributed by atoms with Gasteiger partial charge in [-0.1, -0.05) is 0 Å². The molecule has 0 amide bonds. The minimum Gasteiger partial charge on any atom is -0.389 e. The molecule has 2 rings (SSSR count). The highest BCUT2D eigenvalue weighted by Crippen LogP contribution is 2.16. The van der Waals surface area contributed by atoms with Crippen LogP contribution in [0.2, 0.25) is 0 Å². The molecular weight excluding hydrogens is 226 g/mol. The molecule has 0 unspecified atom stereocenters. The second-order valence-corrected chi connectivity index (χ2v) is 3.41. The number of benzene rings is 1. The molecular formula is C12H10F2N2O. The van der Waals surface area contributed by atoms with Gasteiger partial charge in [-0.3, -0.25) is 0 Å². The second-order valence-electron chi connectivity index (χ2n) is 3.41. The first-order valence-electron chi connectivity index (χ1n) is 4.97. The van der Waals surface area contributed by atoms with E-state index in [0.29, 0.717) is 5.69 Å². The highest BCUT2D eigenvalue weighted by atomic mass is 19.1. The van der Waals surface area contributed by atoms with Gasteiger partial charge in [-0.2, -0.15) is 5.10 Å². The standard InChI is InChI=1S/C12H10F2N2O/c13-10(8-17)6-9-2-3-11(7-12(9)14)16-5-1-4-15-16/h1-7,17H,8H2/b10-6-. The minimum atomic E-state index is -0.782. The highest BCUT2D eigenvalue weighted by Gasteiger charge is 2.04. The normalized spacial score (nSPS) is 11.8. The Balaban J connectivity index is 2.36. The molecule has 3 nitrogen and oxygen atoms in total. The SMILES string of the molecule is OC/C(F)=C/c1ccc(-n2cccn2)cc1F. The molecule has 1 heterocycles. The zero-order chi connectivity index (χ0) is 12.3. The number of aromatic nitrogens is 2. The zero-order valence-corrected chi connectivity index (χ0v) is 8.85. The van der Waals surface area contributed by atoms with Gasteiger partial charge in [-0.25, -0.2) is 13.5 Å². The van der Waals surface area contributed by atoms with E-state index in [2.05, 4.69) is 5.10 Å². The summed E-state index contributed by atoms with van der Waals surface area (Å²) in [5, 5.41) is 12.5. The van der Waals surface area contributed by atoms with Crippen LogP contribution in [-0.4, -0.2) is 21.5 Å². The zero-order valence-electron chi connectivity index (χ0n) is 8.85. The van der Waals surface area contributed by atoms with Crippen molar-refractivity contribution < 1.29 is 13.9 Å². The number of aliphatic hydroxyl groups is 1. The van der Waals surface area contributed by atoms with Crippen molar-refractivity contribution in [3.8, 4) is 5.69 Å². The van der Waals surface area contributed by atoms with Gasteiger partial charge >= 0.3 is 0 Å². The molecule has 0 radical (unpaired) electrons. The van der Waals surface area contributed by atoms with Gasteiger partial charge in [-0.05, 0) is 24.3 Å². The first kappa shape index (κ1) is 11.5. The Bertz CT molecular complexity index is 535. The van der Waals surface area contributed by atoms with Crippen LogP contribution in [0.15, 0.2) is 42.5 Å². The Kier molecular flexibility index (Phi) is 3.30. The van der Waals surface area contributed by atoms with Crippen LogP contribution in [-0.2, 0) is 0 Å². The average Bonchev–Trinajstić information content (AvgIpc) is 2.85. The first-order valence-corrected chi connectivity index (χ1v) is 4.97. The molecule has 0 atom stereocenters. The molecule has 17 heavy (non-hydrogen) atoms. The molecule has 1 N–H and O–H groups in total. The Morgan fingerprint density at radius 1 is 1.47 bits per heavy atom. The van der Waals surface area contributed by atoms with Crippen LogP contribution in [0.4, 0.5) is 8.78 Å². The summed E-state index contributed by atoms with van der Waals surface area (Å²) in [6.07, 6.45) is 4.22. The summed E-state index contributed by atoms with van der Waals surface area (Å²) >= 11 is 0. The Morgan fingerprint density at radius 3 is 2.88 bits per heavy atom. The lowest BCUT2D eigenvalue weighted by Gasteiger charge is -2.03. The first-order chi connectivity index (χ1) is 8.20. The van der Waals surface area contributed by atoms with E-state index in [1.165, 1.54) is 16.8 Å². The second kappa shape index (κ2) is 4.88. The Labute approximate surface area is 96.6 Å². The number of hydrogen-bond acceptors (Lipinski definition) is 2. The molecule has 5 heteroatoms. The molecule has 1 aromatic heterocycles. The van der Waals surface area contributed by atoms with E-state index in [4.69, 9.17) is 5.11 Å². The molecule has 0 spiro atoms. The van der Waals surface area contributed by atoms with Crippen LogP contribution in [0.25, 0.3) is 11.8 Å². The number of aliphatic hydroxyl groups excluding tert-OH is 1. The Morgan fingerprint density at radius 2 is 2.29 bits per heavy atom. The van der Waals surface area contributed by atoms with Gasteiger partial charge < -0.3 is 5.11 Å². The Hall–Kier alpha value is -2.01. The van der Waals surface area contributed by atoms with E-state index < -0.39 is 18.3 Å². The lowest BCUT2D eigenvalue weighted by atomic mass is 10.1. The van der Waals surface area contributed by atoms with Gasteiger partial charge in [0.15, 0.2) is 0 Å². The molecule has 0 aliphatic heterocycles. The van der Waals surface area contributed by atoms with Crippen molar-refractivity contribution in [2.75, 3.05) is 6.61 Å². The smallest absolute Gasteiger partial charge is 0.132 e. The average molecular weight is 236 g/mol. The van der Waals surface area contributed by atoms with Crippen molar-refractivity contribution in [3.63, 3.8) is 0 Å². The quantitative estimate of drug-likeness (QED) is 0.888. The van der Waals surface area contributed by atoms with Crippen molar-refractivity contribution in [2.24, 2.45) is 0 Å². The molecule has 0 aliphatic rings. The maximum Gasteiger partial charge on any atom is 0.132 e. The van der Waals surface area contributed by atoms with Crippen LogP contribution >= 0.6 is 0 Å². The van der Waals surface area contributed by atoms with Gasteiger partial charge in [0.2, 0.25) is 0 Å². The van der Waals surface area contributed by atoms with Gasteiger partial charge in [-0.15, -0.1) is 0 Å².